The van der Waals surface area contributed by atoms with Gasteiger partial charge in [0, 0.05) is 0 Å². The molecule has 2 rings (SSSR count). The Kier molecular flexibility index (Phi) is 2.69. The van der Waals surface area contributed by atoms with E-state index in [9.17, 15) is 18.0 Å². The number of halogens is 3. The van der Waals surface area contributed by atoms with Gasteiger partial charge in [-0.1, -0.05) is 0 Å². The fourth-order valence-electron chi connectivity index (χ4n) is 2.24. The van der Waals surface area contributed by atoms with E-state index in [2.05, 4.69) is 0 Å². The average Bonchev–Trinajstić information content (AvgIpc) is 2.41. The Bertz CT molecular complexity index is 552. The molecule has 0 bridgehead atoms. The molecular formula is C12H14F3N3O. The minimum absolute atomic E-state index is 0.163. The van der Waals surface area contributed by atoms with Crippen molar-refractivity contribution < 1.29 is 18.0 Å². The molecule has 1 aliphatic heterocycles. The average molecular weight is 273 g/mol. The molecule has 1 aromatic carbocycles. The third kappa shape index (κ3) is 2.09. The van der Waals surface area contributed by atoms with Crippen molar-refractivity contribution in [3.05, 3.63) is 17.7 Å². The number of benzene rings is 1. The maximum Gasteiger partial charge on any atom is 0.406 e. The van der Waals surface area contributed by atoms with Gasteiger partial charge >= 0.3 is 6.18 Å². The summed E-state index contributed by atoms with van der Waals surface area (Å²) < 4.78 is 37.7. The van der Waals surface area contributed by atoms with Crippen LogP contribution in [0.4, 0.5) is 30.2 Å². The van der Waals surface area contributed by atoms with Crippen LogP contribution in [0.25, 0.3) is 0 Å². The molecule has 104 valence electrons. The second-order valence-corrected chi connectivity index (χ2v) is 5.13. The van der Waals surface area contributed by atoms with Crippen molar-refractivity contribution in [3.63, 3.8) is 0 Å². The molecule has 0 aliphatic carbocycles. The summed E-state index contributed by atoms with van der Waals surface area (Å²) in [6.07, 6.45) is -4.47. The lowest BCUT2D eigenvalue weighted by Crippen LogP contribution is -2.41. The summed E-state index contributed by atoms with van der Waals surface area (Å²) in [7, 11) is 0. The van der Waals surface area contributed by atoms with Gasteiger partial charge in [0.2, 0.25) is 5.91 Å². The van der Waals surface area contributed by atoms with Gasteiger partial charge in [0.05, 0.1) is 22.5 Å². The Balaban J connectivity index is 2.57. The summed E-state index contributed by atoms with van der Waals surface area (Å²) in [4.78, 5) is 12.8. The van der Waals surface area contributed by atoms with E-state index >= 15 is 0 Å². The lowest BCUT2D eigenvalue weighted by atomic mass is 9.86. The normalized spacial score (nSPS) is 17.7. The van der Waals surface area contributed by atoms with E-state index in [1.54, 1.807) is 13.8 Å². The van der Waals surface area contributed by atoms with Gasteiger partial charge in [0.1, 0.15) is 6.54 Å². The van der Waals surface area contributed by atoms with E-state index in [1.165, 1.54) is 12.1 Å². The van der Waals surface area contributed by atoms with Gasteiger partial charge in [0.15, 0.2) is 0 Å². The number of alkyl halides is 3. The van der Waals surface area contributed by atoms with Crippen LogP contribution < -0.4 is 16.4 Å². The maximum absolute atomic E-state index is 12.6. The summed E-state index contributed by atoms with van der Waals surface area (Å²) in [6.45, 7) is 1.81. The number of carbonyl (C=O) groups excluding carboxylic acids is 1. The van der Waals surface area contributed by atoms with Crippen molar-refractivity contribution in [1.82, 2.24) is 0 Å². The highest BCUT2D eigenvalue weighted by atomic mass is 19.4. The van der Waals surface area contributed by atoms with E-state index in [1.807, 2.05) is 0 Å². The Morgan fingerprint density at radius 1 is 1.21 bits per heavy atom. The van der Waals surface area contributed by atoms with E-state index in [4.69, 9.17) is 11.5 Å². The highest BCUT2D eigenvalue weighted by Crippen LogP contribution is 2.45. The standard InChI is InChI=1S/C12H14F3N3O/c1-11(2)6-3-7(16)8(17)4-9(6)18(10(11)19)5-12(13,14)15/h3-4H,5,16-17H2,1-2H3. The molecule has 7 heteroatoms. The molecule has 0 saturated carbocycles. The molecule has 1 heterocycles. The molecule has 0 aromatic heterocycles. The minimum atomic E-state index is -4.47. The first-order valence-electron chi connectivity index (χ1n) is 5.62. The molecule has 0 unspecified atom stereocenters. The Morgan fingerprint density at radius 3 is 2.26 bits per heavy atom. The van der Waals surface area contributed by atoms with Crippen LogP contribution in [0, 0.1) is 0 Å². The number of nitrogens with zero attached hydrogens (tertiary/aromatic N) is 1. The van der Waals surface area contributed by atoms with Gasteiger partial charge in [-0.05, 0) is 31.5 Å². The van der Waals surface area contributed by atoms with Crippen molar-refractivity contribution in [2.75, 3.05) is 22.9 Å². The van der Waals surface area contributed by atoms with Crippen molar-refractivity contribution in [3.8, 4) is 0 Å². The van der Waals surface area contributed by atoms with E-state index in [-0.39, 0.29) is 17.1 Å². The van der Waals surface area contributed by atoms with Crippen molar-refractivity contribution in [2.45, 2.75) is 25.4 Å². The summed E-state index contributed by atoms with van der Waals surface area (Å²) in [5.41, 5.74) is 11.3. The van der Waals surface area contributed by atoms with Crippen LogP contribution in [-0.4, -0.2) is 18.6 Å². The summed E-state index contributed by atoms with van der Waals surface area (Å²) >= 11 is 0. The molecule has 0 saturated heterocycles. The predicted molar refractivity (Wildman–Crippen MR) is 66.7 cm³/mol. The van der Waals surface area contributed by atoms with E-state index < -0.39 is 24.0 Å². The first-order chi connectivity index (χ1) is 8.54. The second kappa shape index (κ2) is 3.79. The highest BCUT2D eigenvalue weighted by Gasteiger charge is 2.47. The lowest BCUT2D eigenvalue weighted by molar-refractivity contribution is -0.134. The van der Waals surface area contributed by atoms with Crippen LogP contribution in [0.1, 0.15) is 19.4 Å². The number of amides is 1. The van der Waals surface area contributed by atoms with Gasteiger partial charge in [-0.2, -0.15) is 13.2 Å². The molecule has 4 nitrogen and oxygen atoms in total. The number of nitrogens with two attached hydrogens (primary N) is 2. The zero-order valence-corrected chi connectivity index (χ0v) is 10.5. The van der Waals surface area contributed by atoms with Gasteiger partial charge in [0.25, 0.3) is 0 Å². The largest absolute Gasteiger partial charge is 0.406 e. The number of hydrogen-bond acceptors (Lipinski definition) is 3. The Hall–Kier alpha value is -1.92. The molecule has 1 aromatic rings. The third-order valence-corrected chi connectivity index (χ3v) is 3.28. The predicted octanol–water partition coefficient (Wildman–Crippen LogP) is 2.04. The van der Waals surface area contributed by atoms with Gasteiger partial charge in [-0.15, -0.1) is 0 Å². The zero-order valence-electron chi connectivity index (χ0n) is 10.5. The van der Waals surface area contributed by atoms with Gasteiger partial charge in [-0.3, -0.25) is 4.79 Å². The smallest absolute Gasteiger partial charge is 0.397 e. The van der Waals surface area contributed by atoms with Crippen LogP contribution in [0.2, 0.25) is 0 Å². The molecule has 0 atom stereocenters. The summed E-state index contributed by atoms with van der Waals surface area (Å²) in [6, 6.07) is 2.79. The molecular weight excluding hydrogens is 259 g/mol. The van der Waals surface area contributed by atoms with Crippen LogP contribution in [-0.2, 0) is 10.2 Å². The molecule has 19 heavy (non-hydrogen) atoms. The third-order valence-electron chi connectivity index (χ3n) is 3.28. The lowest BCUT2D eigenvalue weighted by Gasteiger charge is -2.21. The molecule has 1 aliphatic rings. The molecule has 4 N–H and O–H groups in total. The van der Waals surface area contributed by atoms with Crippen LogP contribution in [0.5, 0.6) is 0 Å². The fraction of sp³-hybridized carbons (Fsp3) is 0.417. The summed E-state index contributed by atoms with van der Waals surface area (Å²) in [5.74, 6) is -0.607. The SMILES string of the molecule is CC1(C)C(=O)N(CC(F)(F)F)c2cc(N)c(N)cc21. The monoisotopic (exact) mass is 273 g/mol. The first-order valence-corrected chi connectivity index (χ1v) is 5.62. The number of rotatable bonds is 1. The summed E-state index contributed by atoms with van der Waals surface area (Å²) in [5, 5.41) is 0. The second-order valence-electron chi connectivity index (χ2n) is 5.13. The molecule has 0 fully saturated rings. The number of hydrogen-bond donors (Lipinski definition) is 2. The van der Waals surface area contributed by atoms with E-state index in [0.29, 0.717) is 10.5 Å². The van der Waals surface area contributed by atoms with Crippen molar-refractivity contribution in [2.24, 2.45) is 0 Å². The number of anilines is 3. The van der Waals surface area contributed by atoms with Crippen LogP contribution in [0.3, 0.4) is 0 Å². The van der Waals surface area contributed by atoms with Crippen LogP contribution in [0.15, 0.2) is 12.1 Å². The molecule has 1 amide bonds. The highest BCUT2D eigenvalue weighted by molar-refractivity contribution is 6.08. The first kappa shape index (κ1) is 13.5. The number of carbonyl (C=O) groups is 1. The van der Waals surface area contributed by atoms with Crippen molar-refractivity contribution in [1.29, 1.82) is 0 Å². The Morgan fingerprint density at radius 2 is 1.74 bits per heavy atom. The number of nitrogen functional groups attached to an aromatic ring is 2. The molecule has 0 spiro atoms. The maximum atomic E-state index is 12.6. The number of fused-ring (bicyclic) bond motifs is 1. The fourth-order valence-corrected chi connectivity index (χ4v) is 2.24. The quantitative estimate of drug-likeness (QED) is 0.769. The van der Waals surface area contributed by atoms with Crippen LogP contribution >= 0.6 is 0 Å². The Labute approximate surface area is 108 Å². The minimum Gasteiger partial charge on any atom is -0.397 e. The zero-order chi connectivity index (χ0) is 14.6. The van der Waals surface area contributed by atoms with E-state index in [0.717, 1.165) is 0 Å². The topological polar surface area (TPSA) is 72.3 Å². The van der Waals surface area contributed by atoms with Gasteiger partial charge < -0.3 is 16.4 Å². The molecule has 0 radical (unpaired) electrons. The van der Waals surface area contributed by atoms with Crippen molar-refractivity contribution >= 4 is 23.0 Å². The van der Waals surface area contributed by atoms with Gasteiger partial charge in [-0.25, -0.2) is 0 Å².